The number of aryl methyl sites for hydroxylation is 2. The van der Waals surface area contributed by atoms with E-state index in [0.29, 0.717) is 5.92 Å². The van der Waals surface area contributed by atoms with Crippen LogP contribution in [0.4, 0.5) is 0 Å². The zero-order valence-corrected chi connectivity index (χ0v) is 12.5. The second kappa shape index (κ2) is 6.15. The van der Waals surface area contributed by atoms with Gasteiger partial charge in [-0.2, -0.15) is 0 Å². The predicted molar refractivity (Wildman–Crippen MR) is 82.1 cm³/mol. The van der Waals surface area contributed by atoms with Crippen LogP contribution in [0.2, 0.25) is 0 Å². The molecule has 1 saturated heterocycles. The van der Waals surface area contributed by atoms with Gasteiger partial charge >= 0.3 is 0 Å². The maximum absolute atomic E-state index is 5.87. The third-order valence-electron chi connectivity index (χ3n) is 4.67. The van der Waals surface area contributed by atoms with E-state index in [0.717, 1.165) is 32.0 Å². The van der Waals surface area contributed by atoms with Gasteiger partial charge in [-0.1, -0.05) is 6.07 Å². The van der Waals surface area contributed by atoms with Crippen LogP contribution in [0.3, 0.4) is 0 Å². The summed E-state index contributed by atoms with van der Waals surface area (Å²) < 4.78 is 5.87. The normalized spacial score (nSPS) is 22.2. The number of nitrogens with two attached hydrogens (primary N) is 1. The Morgan fingerprint density at radius 1 is 1.30 bits per heavy atom. The van der Waals surface area contributed by atoms with Gasteiger partial charge in [-0.25, -0.2) is 0 Å². The maximum atomic E-state index is 5.87. The first-order valence-corrected chi connectivity index (χ1v) is 8.00. The molecule has 3 nitrogen and oxygen atoms in total. The van der Waals surface area contributed by atoms with Crippen molar-refractivity contribution in [2.24, 2.45) is 11.7 Å². The number of likely N-dealkylation sites (tertiary alicyclic amines) is 1. The summed E-state index contributed by atoms with van der Waals surface area (Å²) in [7, 11) is 0. The van der Waals surface area contributed by atoms with Crippen molar-refractivity contribution >= 4 is 0 Å². The lowest BCUT2D eigenvalue weighted by Crippen LogP contribution is -2.23. The third kappa shape index (κ3) is 2.84. The van der Waals surface area contributed by atoms with Gasteiger partial charge in [0.25, 0.3) is 0 Å². The fourth-order valence-electron chi connectivity index (χ4n) is 3.56. The van der Waals surface area contributed by atoms with Crippen molar-refractivity contribution in [1.82, 2.24) is 4.90 Å². The van der Waals surface area contributed by atoms with Crippen molar-refractivity contribution in [1.29, 1.82) is 0 Å². The van der Waals surface area contributed by atoms with Crippen LogP contribution >= 0.6 is 0 Å². The van der Waals surface area contributed by atoms with Gasteiger partial charge in [0.1, 0.15) is 5.75 Å². The Labute approximate surface area is 122 Å². The minimum absolute atomic E-state index is 0.681. The lowest BCUT2D eigenvalue weighted by Gasteiger charge is -2.19. The summed E-state index contributed by atoms with van der Waals surface area (Å²) in [6.07, 6.45) is 4.99. The summed E-state index contributed by atoms with van der Waals surface area (Å²) in [5.74, 6) is 1.78. The largest absolute Gasteiger partial charge is 0.494 e. The molecule has 0 saturated carbocycles. The molecule has 0 aromatic heterocycles. The molecule has 1 fully saturated rings. The van der Waals surface area contributed by atoms with Crippen LogP contribution in [0.25, 0.3) is 0 Å². The van der Waals surface area contributed by atoms with Crippen LogP contribution in [0.15, 0.2) is 12.1 Å². The molecule has 3 rings (SSSR count). The van der Waals surface area contributed by atoms with E-state index in [1.54, 1.807) is 0 Å². The first-order valence-electron chi connectivity index (χ1n) is 8.00. The molecule has 3 heteroatoms. The summed E-state index contributed by atoms with van der Waals surface area (Å²) in [5.41, 5.74) is 10.2. The monoisotopic (exact) mass is 274 g/mol. The first kappa shape index (κ1) is 13.9. The van der Waals surface area contributed by atoms with Gasteiger partial charge in [0.05, 0.1) is 6.61 Å². The second-order valence-electron chi connectivity index (χ2n) is 6.14. The molecule has 20 heavy (non-hydrogen) atoms. The Balaban J connectivity index is 1.77. The summed E-state index contributed by atoms with van der Waals surface area (Å²) in [6.45, 7) is 6.95. The van der Waals surface area contributed by atoms with Crippen molar-refractivity contribution in [2.75, 3.05) is 26.2 Å². The summed E-state index contributed by atoms with van der Waals surface area (Å²) in [5, 5.41) is 0. The standard InChI is InChI=1S/C17H26N2O/c1-2-20-17-9-15-5-3-4-14(15)8-16(17)12-19-7-6-13(10-18)11-19/h8-9,13H,2-7,10-12,18H2,1H3/t13-/m0/s1. The molecule has 1 aliphatic heterocycles. The molecule has 1 aromatic rings. The Hall–Kier alpha value is -1.06. The molecular weight excluding hydrogens is 248 g/mol. The zero-order valence-electron chi connectivity index (χ0n) is 12.5. The number of hydrogen-bond donors (Lipinski definition) is 1. The zero-order chi connectivity index (χ0) is 13.9. The Bertz CT molecular complexity index is 472. The molecule has 0 unspecified atom stereocenters. The molecule has 0 bridgehead atoms. The highest BCUT2D eigenvalue weighted by Crippen LogP contribution is 2.31. The van der Waals surface area contributed by atoms with Crippen LogP contribution in [0, 0.1) is 5.92 Å². The lowest BCUT2D eigenvalue weighted by molar-refractivity contribution is 0.297. The highest BCUT2D eigenvalue weighted by Gasteiger charge is 2.23. The molecule has 1 heterocycles. The van der Waals surface area contributed by atoms with Gasteiger partial charge in [0.15, 0.2) is 0 Å². The van der Waals surface area contributed by atoms with Crippen LogP contribution in [-0.4, -0.2) is 31.1 Å². The summed E-state index contributed by atoms with van der Waals surface area (Å²) in [4.78, 5) is 2.52. The Morgan fingerprint density at radius 2 is 2.10 bits per heavy atom. The van der Waals surface area contributed by atoms with Gasteiger partial charge in [-0.3, -0.25) is 4.90 Å². The highest BCUT2D eigenvalue weighted by molar-refractivity contribution is 5.44. The highest BCUT2D eigenvalue weighted by atomic mass is 16.5. The molecule has 1 aliphatic carbocycles. The Morgan fingerprint density at radius 3 is 2.80 bits per heavy atom. The minimum atomic E-state index is 0.681. The van der Waals surface area contributed by atoms with Crippen molar-refractivity contribution in [3.63, 3.8) is 0 Å². The number of ether oxygens (including phenoxy) is 1. The van der Waals surface area contributed by atoms with E-state index >= 15 is 0 Å². The van der Waals surface area contributed by atoms with Gasteiger partial charge in [0, 0.05) is 18.7 Å². The molecule has 2 aliphatic rings. The molecule has 110 valence electrons. The first-order chi connectivity index (χ1) is 9.80. The summed E-state index contributed by atoms with van der Waals surface area (Å²) >= 11 is 0. The Kier molecular flexibility index (Phi) is 4.27. The van der Waals surface area contributed by atoms with Crippen LogP contribution < -0.4 is 10.5 Å². The molecule has 1 atom stereocenters. The lowest BCUT2D eigenvalue weighted by atomic mass is 10.0. The van der Waals surface area contributed by atoms with E-state index in [4.69, 9.17) is 10.5 Å². The maximum Gasteiger partial charge on any atom is 0.124 e. The number of nitrogens with zero attached hydrogens (tertiary/aromatic N) is 1. The van der Waals surface area contributed by atoms with Crippen LogP contribution in [0.1, 0.15) is 36.5 Å². The summed E-state index contributed by atoms with van der Waals surface area (Å²) in [6, 6.07) is 4.68. The molecule has 0 amide bonds. The topological polar surface area (TPSA) is 38.5 Å². The molecule has 0 spiro atoms. The van der Waals surface area contributed by atoms with E-state index in [1.165, 1.54) is 48.9 Å². The number of fused-ring (bicyclic) bond motifs is 1. The van der Waals surface area contributed by atoms with Crippen LogP contribution in [-0.2, 0) is 19.4 Å². The number of benzene rings is 1. The average molecular weight is 274 g/mol. The van der Waals surface area contributed by atoms with Gasteiger partial charge < -0.3 is 10.5 Å². The average Bonchev–Trinajstić information content (AvgIpc) is 3.08. The third-order valence-corrected chi connectivity index (χ3v) is 4.67. The van der Waals surface area contributed by atoms with Crippen LogP contribution in [0.5, 0.6) is 5.75 Å². The van der Waals surface area contributed by atoms with E-state index in [9.17, 15) is 0 Å². The van der Waals surface area contributed by atoms with E-state index < -0.39 is 0 Å². The minimum Gasteiger partial charge on any atom is -0.494 e. The van der Waals surface area contributed by atoms with E-state index in [-0.39, 0.29) is 0 Å². The van der Waals surface area contributed by atoms with Gasteiger partial charge in [-0.05, 0) is 68.8 Å². The van der Waals surface area contributed by atoms with Crippen molar-refractivity contribution in [3.05, 3.63) is 28.8 Å². The van der Waals surface area contributed by atoms with Crippen molar-refractivity contribution < 1.29 is 4.74 Å². The van der Waals surface area contributed by atoms with Gasteiger partial charge in [-0.15, -0.1) is 0 Å². The smallest absolute Gasteiger partial charge is 0.124 e. The van der Waals surface area contributed by atoms with Crippen molar-refractivity contribution in [2.45, 2.75) is 39.2 Å². The number of rotatable bonds is 5. The van der Waals surface area contributed by atoms with E-state index in [2.05, 4.69) is 24.0 Å². The molecule has 1 aromatic carbocycles. The number of hydrogen-bond acceptors (Lipinski definition) is 3. The fraction of sp³-hybridized carbons (Fsp3) is 0.647. The second-order valence-corrected chi connectivity index (χ2v) is 6.14. The van der Waals surface area contributed by atoms with Crippen molar-refractivity contribution in [3.8, 4) is 5.75 Å². The molecule has 0 radical (unpaired) electrons. The SMILES string of the molecule is CCOc1cc2c(cc1CN1CC[C@@H](CN)C1)CCC2. The predicted octanol–water partition coefficient (Wildman–Crippen LogP) is 2.35. The van der Waals surface area contributed by atoms with E-state index in [1.807, 2.05) is 0 Å². The fourth-order valence-corrected chi connectivity index (χ4v) is 3.56. The van der Waals surface area contributed by atoms with Gasteiger partial charge in [0.2, 0.25) is 0 Å². The quantitative estimate of drug-likeness (QED) is 0.896. The molecule has 2 N–H and O–H groups in total. The molecular formula is C17H26N2O.